The van der Waals surface area contributed by atoms with Gasteiger partial charge in [0.25, 0.3) is 0 Å². The molecule has 2 aromatic heterocycles. The van der Waals surface area contributed by atoms with Crippen LogP contribution in [-0.2, 0) is 30.9 Å². The van der Waals surface area contributed by atoms with Gasteiger partial charge in [-0.05, 0) is 63.2 Å². The first-order chi connectivity index (χ1) is 17.9. The number of aryl methyl sites for hydroxylation is 2. The maximum atomic E-state index is 12.3. The lowest BCUT2D eigenvalue weighted by Crippen LogP contribution is -2.29. The highest BCUT2D eigenvalue weighted by Crippen LogP contribution is 2.30. The molecule has 0 unspecified atom stereocenters. The molecule has 0 atom stereocenters. The number of ether oxygens (including phenoxy) is 1. The Labute approximate surface area is 228 Å². The second-order valence-electron chi connectivity index (χ2n) is 12.2. The van der Waals surface area contributed by atoms with Crippen molar-refractivity contribution in [2.75, 3.05) is 13.2 Å². The molecule has 9 heteroatoms. The number of rotatable bonds is 19. The topological polar surface area (TPSA) is 104 Å². The lowest BCUT2D eigenvalue weighted by atomic mass is 9.82. The van der Waals surface area contributed by atoms with E-state index in [9.17, 15) is 19.8 Å². The fraction of sp³-hybridized carbons (Fsp3) is 0.793. The molecule has 0 aliphatic carbocycles. The Morgan fingerprint density at radius 1 is 0.684 bits per heavy atom. The SMILES string of the molecule is CCn1cc(O)n(CCCCC(C)(C)CCCCOCCCCC(C)(C)Cn2c(O)cn(CC)c2=O)c1=O. The molecule has 0 radical (unpaired) electrons. The zero-order chi connectivity index (χ0) is 28.3. The highest BCUT2D eigenvalue weighted by Gasteiger charge is 2.22. The van der Waals surface area contributed by atoms with E-state index in [-0.39, 0.29) is 34.0 Å². The molecule has 9 nitrogen and oxygen atoms in total. The van der Waals surface area contributed by atoms with E-state index in [0.29, 0.717) is 26.2 Å². The first-order valence-electron chi connectivity index (χ1n) is 14.5. The summed E-state index contributed by atoms with van der Waals surface area (Å²) >= 11 is 0. The monoisotopic (exact) mass is 536 g/mol. The van der Waals surface area contributed by atoms with Crippen LogP contribution in [0.5, 0.6) is 11.8 Å². The van der Waals surface area contributed by atoms with Crippen LogP contribution in [-0.4, -0.2) is 41.7 Å². The predicted octanol–water partition coefficient (Wildman–Crippen LogP) is 5.34. The van der Waals surface area contributed by atoms with Gasteiger partial charge in [0.1, 0.15) is 0 Å². The van der Waals surface area contributed by atoms with Gasteiger partial charge >= 0.3 is 11.4 Å². The molecule has 0 saturated carbocycles. The maximum absolute atomic E-state index is 12.3. The van der Waals surface area contributed by atoms with Crippen molar-refractivity contribution < 1.29 is 14.9 Å². The zero-order valence-corrected chi connectivity index (χ0v) is 24.7. The summed E-state index contributed by atoms with van der Waals surface area (Å²) in [6.45, 7) is 16.4. The third-order valence-corrected chi connectivity index (χ3v) is 7.59. The van der Waals surface area contributed by atoms with Crippen molar-refractivity contribution in [2.45, 2.75) is 126 Å². The molecule has 2 N–H and O–H groups in total. The Balaban J connectivity index is 1.53. The van der Waals surface area contributed by atoms with Crippen molar-refractivity contribution in [3.63, 3.8) is 0 Å². The first-order valence-corrected chi connectivity index (χ1v) is 14.5. The van der Waals surface area contributed by atoms with E-state index >= 15 is 0 Å². The second kappa shape index (κ2) is 14.7. The molecule has 38 heavy (non-hydrogen) atoms. The van der Waals surface area contributed by atoms with Crippen LogP contribution in [0.3, 0.4) is 0 Å². The maximum Gasteiger partial charge on any atom is 0.331 e. The fourth-order valence-corrected chi connectivity index (χ4v) is 5.07. The Kier molecular flexibility index (Phi) is 12.3. The van der Waals surface area contributed by atoms with E-state index < -0.39 is 0 Å². The summed E-state index contributed by atoms with van der Waals surface area (Å²) in [5.41, 5.74) is -0.108. The van der Waals surface area contributed by atoms with Gasteiger partial charge in [0, 0.05) is 39.4 Å². The third-order valence-electron chi connectivity index (χ3n) is 7.59. The summed E-state index contributed by atoms with van der Waals surface area (Å²) in [7, 11) is 0. The molecule has 2 rings (SSSR count). The van der Waals surface area contributed by atoms with Crippen molar-refractivity contribution in [1.29, 1.82) is 0 Å². The summed E-state index contributed by atoms with van der Waals surface area (Å²) in [4.78, 5) is 24.5. The summed E-state index contributed by atoms with van der Waals surface area (Å²) in [5.74, 6) is 0.0933. The van der Waals surface area contributed by atoms with Gasteiger partial charge in [-0.2, -0.15) is 0 Å². The molecule has 0 aliphatic heterocycles. The van der Waals surface area contributed by atoms with E-state index in [1.165, 1.54) is 30.7 Å². The quantitative estimate of drug-likeness (QED) is 0.236. The average Bonchev–Trinajstić information content (AvgIpc) is 3.28. The number of aromatic nitrogens is 4. The van der Waals surface area contributed by atoms with Gasteiger partial charge in [0.05, 0.1) is 12.4 Å². The Hall–Kier alpha value is -2.42. The smallest absolute Gasteiger partial charge is 0.331 e. The lowest BCUT2D eigenvalue weighted by molar-refractivity contribution is 0.119. The van der Waals surface area contributed by atoms with Gasteiger partial charge < -0.3 is 14.9 Å². The highest BCUT2D eigenvalue weighted by atomic mass is 16.5. The second-order valence-corrected chi connectivity index (χ2v) is 12.2. The highest BCUT2D eigenvalue weighted by molar-refractivity contribution is 5.06. The van der Waals surface area contributed by atoms with E-state index in [0.717, 1.165) is 71.0 Å². The average molecular weight is 537 g/mol. The fourth-order valence-electron chi connectivity index (χ4n) is 5.07. The van der Waals surface area contributed by atoms with E-state index in [4.69, 9.17) is 4.74 Å². The molecule has 0 aliphatic rings. The summed E-state index contributed by atoms with van der Waals surface area (Å²) in [6, 6.07) is 0. The number of hydrogen-bond donors (Lipinski definition) is 2. The molecule has 0 fully saturated rings. The molecule has 0 saturated heterocycles. The minimum absolute atomic E-state index is 0.0381. The van der Waals surface area contributed by atoms with Crippen molar-refractivity contribution in [3.8, 4) is 11.8 Å². The molecule has 218 valence electrons. The van der Waals surface area contributed by atoms with Crippen LogP contribution in [0.2, 0.25) is 0 Å². The zero-order valence-electron chi connectivity index (χ0n) is 24.7. The van der Waals surface area contributed by atoms with Crippen LogP contribution in [0.1, 0.15) is 99.3 Å². The van der Waals surface area contributed by atoms with Crippen molar-refractivity contribution in [2.24, 2.45) is 10.8 Å². The summed E-state index contributed by atoms with van der Waals surface area (Å²) in [5, 5.41) is 20.1. The van der Waals surface area contributed by atoms with Crippen LogP contribution < -0.4 is 11.4 Å². The third kappa shape index (κ3) is 9.71. The van der Waals surface area contributed by atoms with Crippen molar-refractivity contribution >= 4 is 0 Å². The molecule has 2 heterocycles. The minimum atomic E-state index is -0.149. The van der Waals surface area contributed by atoms with E-state index in [2.05, 4.69) is 27.7 Å². The number of unbranched alkanes of at least 4 members (excludes halogenated alkanes) is 3. The molecule has 0 bridgehead atoms. The van der Waals surface area contributed by atoms with Gasteiger partial charge in [-0.15, -0.1) is 0 Å². The molecule has 0 amide bonds. The largest absolute Gasteiger partial charge is 0.493 e. The van der Waals surface area contributed by atoms with E-state index in [1.54, 1.807) is 0 Å². The Bertz CT molecular complexity index is 1090. The lowest BCUT2D eigenvalue weighted by Gasteiger charge is -2.25. The van der Waals surface area contributed by atoms with Crippen LogP contribution in [0, 0.1) is 10.8 Å². The van der Waals surface area contributed by atoms with Gasteiger partial charge in [0.15, 0.2) is 0 Å². The summed E-state index contributed by atoms with van der Waals surface area (Å²) in [6.07, 6.45) is 12.4. The van der Waals surface area contributed by atoms with Gasteiger partial charge in [-0.3, -0.25) is 18.3 Å². The number of aromatic hydroxyl groups is 2. The molecular weight excluding hydrogens is 484 g/mol. The predicted molar refractivity (Wildman–Crippen MR) is 152 cm³/mol. The van der Waals surface area contributed by atoms with Crippen molar-refractivity contribution in [3.05, 3.63) is 33.4 Å². The number of imidazole rings is 2. The molecule has 2 aromatic rings. The number of hydrogen-bond acceptors (Lipinski definition) is 5. The minimum Gasteiger partial charge on any atom is -0.493 e. The van der Waals surface area contributed by atoms with Gasteiger partial charge in [-0.1, -0.05) is 47.0 Å². The summed E-state index contributed by atoms with van der Waals surface area (Å²) < 4.78 is 11.9. The number of nitrogens with zero attached hydrogens (tertiary/aromatic N) is 4. The molecular formula is C29H52N4O5. The van der Waals surface area contributed by atoms with Crippen LogP contribution >= 0.6 is 0 Å². The van der Waals surface area contributed by atoms with Crippen molar-refractivity contribution in [1.82, 2.24) is 18.3 Å². The van der Waals surface area contributed by atoms with Gasteiger partial charge in [-0.25, -0.2) is 9.59 Å². The van der Waals surface area contributed by atoms with Crippen LogP contribution in [0.25, 0.3) is 0 Å². The van der Waals surface area contributed by atoms with Crippen LogP contribution in [0.4, 0.5) is 0 Å². The first kappa shape index (κ1) is 31.8. The molecule has 0 aromatic carbocycles. The van der Waals surface area contributed by atoms with Gasteiger partial charge in [0.2, 0.25) is 11.8 Å². The van der Waals surface area contributed by atoms with Crippen LogP contribution in [0.15, 0.2) is 22.0 Å². The normalized spacial score (nSPS) is 12.5. The standard InChI is InChI=1S/C29H52N4O5/c1-7-30-21-24(34)32(26(30)36)18-12-9-15-28(3,4)16-10-13-19-38-20-14-11-17-29(5,6)23-33-25(35)22-31(8-2)27(33)37/h21-22,34-35H,7-20,23H2,1-6H3. The Morgan fingerprint density at radius 3 is 1.63 bits per heavy atom. The Morgan fingerprint density at radius 2 is 1.13 bits per heavy atom. The molecule has 0 spiro atoms. The van der Waals surface area contributed by atoms with E-state index in [1.807, 2.05) is 13.8 Å².